The molecular weight excluding hydrogens is 268 g/mol. The molecule has 0 saturated heterocycles. The van der Waals surface area contributed by atoms with Gasteiger partial charge in [-0.15, -0.1) is 0 Å². The molecule has 3 N–H and O–H groups in total. The summed E-state index contributed by atoms with van der Waals surface area (Å²) < 4.78 is 28.9. The summed E-state index contributed by atoms with van der Waals surface area (Å²) in [5.41, 5.74) is 0. The maximum atomic E-state index is 11.9. The lowest BCUT2D eigenvalue weighted by molar-refractivity contribution is -0.144. The monoisotopic (exact) mass is 290 g/mol. The summed E-state index contributed by atoms with van der Waals surface area (Å²) in [6.07, 6.45) is 2.65. The lowest BCUT2D eigenvalue weighted by atomic mass is 9.85. The van der Waals surface area contributed by atoms with Crippen molar-refractivity contribution < 1.29 is 18.3 Å². The van der Waals surface area contributed by atoms with E-state index in [0.29, 0.717) is 6.54 Å². The highest BCUT2D eigenvalue weighted by Crippen LogP contribution is 2.48. The SMILES string of the molecule is CC(C)CNS(=O)(=O)NC1C2CCC(C2)C1C(=O)O. The molecule has 2 aliphatic rings. The van der Waals surface area contributed by atoms with E-state index in [4.69, 9.17) is 0 Å². The van der Waals surface area contributed by atoms with Crippen molar-refractivity contribution in [3.63, 3.8) is 0 Å². The maximum absolute atomic E-state index is 11.9. The van der Waals surface area contributed by atoms with E-state index in [2.05, 4.69) is 9.44 Å². The van der Waals surface area contributed by atoms with Crippen LogP contribution in [0.1, 0.15) is 33.1 Å². The van der Waals surface area contributed by atoms with Crippen LogP contribution in [0.4, 0.5) is 0 Å². The van der Waals surface area contributed by atoms with Gasteiger partial charge in [0.1, 0.15) is 0 Å². The molecule has 0 spiro atoms. The van der Waals surface area contributed by atoms with Crippen molar-refractivity contribution >= 4 is 16.2 Å². The van der Waals surface area contributed by atoms with Gasteiger partial charge in [0.15, 0.2) is 0 Å². The molecule has 2 rings (SSSR count). The van der Waals surface area contributed by atoms with Crippen molar-refractivity contribution in [2.24, 2.45) is 23.7 Å². The van der Waals surface area contributed by atoms with Gasteiger partial charge in [0, 0.05) is 12.6 Å². The van der Waals surface area contributed by atoms with Crippen molar-refractivity contribution in [1.82, 2.24) is 9.44 Å². The molecule has 2 bridgehead atoms. The fourth-order valence-electron chi connectivity index (χ4n) is 3.31. The van der Waals surface area contributed by atoms with E-state index >= 15 is 0 Å². The fraction of sp³-hybridized carbons (Fsp3) is 0.917. The molecule has 0 heterocycles. The highest BCUT2D eigenvalue weighted by molar-refractivity contribution is 7.87. The van der Waals surface area contributed by atoms with E-state index in [1.54, 1.807) is 0 Å². The highest BCUT2D eigenvalue weighted by atomic mass is 32.2. The molecule has 0 radical (unpaired) electrons. The molecule has 0 amide bonds. The Hall–Kier alpha value is -0.660. The van der Waals surface area contributed by atoms with Crippen LogP contribution < -0.4 is 9.44 Å². The van der Waals surface area contributed by atoms with Crippen LogP contribution in [0.3, 0.4) is 0 Å². The molecule has 110 valence electrons. The molecule has 7 heteroatoms. The van der Waals surface area contributed by atoms with Gasteiger partial charge >= 0.3 is 5.97 Å². The molecule has 4 atom stereocenters. The Balaban J connectivity index is 2.03. The minimum absolute atomic E-state index is 0.125. The van der Waals surface area contributed by atoms with E-state index in [1.165, 1.54) is 0 Å². The number of aliphatic carboxylic acids is 1. The normalized spacial score (nSPS) is 34.1. The van der Waals surface area contributed by atoms with Gasteiger partial charge in [0.05, 0.1) is 5.92 Å². The molecule has 2 aliphatic carbocycles. The number of nitrogens with one attached hydrogen (secondary N) is 2. The number of hydrogen-bond acceptors (Lipinski definition) is 3. The number of rotatable bonds is 6. The van der Waals surface area contributed by atoms with Crippen LogP contribution in [0.5, 0.6) is 0 Å². The van der Waals surface area contributed by atoms with Crippen LogP contribution in [0.25, 0.3) is 0 Å². The fourth-order valence-corrected chi connectivity index (χ4v) is 4.65. The highest BCUT2D eigenvalue weighted by Gasteiger charge is 2.52. The predicted octanol–water partition coefficient (Wildman–Crippen LogP) is 0.566. The smallest absolute Gasteiger partial charge is 0.308 e. The molecule has 2 fully saturated rings. The minimum atomic E-state index is -3.61. The van der Waals surface area contributed by atoms with Gasteiger partial charge in [-0.2, -0.15) is 13.1 Å². The van der Waals surface area contributed by atoms with Crippen LogP contribution in [0, 0.1) is 23.7 Å². The number of carboxylic acid groups (broad SMARTS) is 1. The summed E-state index contributed by atoms with van der Waals surface area (Å²) in [5.74, 6) is -0.952. The molecule has 2 saturated carbocycles. The second-order valence-corrected chi connectivity index (χ2v) is 7.62. The minimum Gasteiger partial charge on any atom is -0.481 e. The van der Waals surface area contributed by atoms with Gasteiger partial charge in [0.2, 0.25) is 0 Å². The average Bonchev–Trinajstić information content (AvgIpc) is 2.86. The number of hydrogen-bond donors (Lipinski definition) is 3. The van der Waals surface area contributed by atoms with Crippen molar-refractivity contribution in [2.45, 2.75) is 39.2 Å². The number of carbonyl (C=O) groups is 1. The van der Waals surface area contributed by atoms with Crippen LogP contribution >= 0.6 is 0 Å². The molecule has 19 heavy (non-hydrogen) atoms. The summed E-state index contributed by atoms with van der Waals surface area (Å²) in [7, 11) is -3.61. The van der Waals surface area contributed by atoms with Crippen molar-refractivity contribution in [3.05, 3.63) is 0 Å². The van der Waals surface area contributed by atoms with E-state index in [9.17, 15) is 18.3 Å². The molecule has 0 aromatic carbocycles. The zero-order chi connectivity index (χ0) is 14.2. The van der Waals surface area contributed by atoms with Crippen LogP contribution in [0.15, 0.2) is 0 Å². The topological polar surface area (TPSA) is 95.5 Å². The zero-order valence-electron chi connectivity index (χ0n) is 11.3. The predicted molar refractivity (Wildman–Crippen MR) is 70.6 cm³/mol. The van der Waals surface area contributed by atoms with Crippen molar-refractivity contribution in [1.29, 1.82) is 0 Å². The van der Waals surface area contributed by atoms with Gasteiger partial charge in [-0.25, -0.2) is 4.72 Å². The third-order valence-corrected chi connectivity index (χ3v) is 5.30. The number of fused-ring (bicyclic) bond motifs is 2. The van der Waals surface area contributed by atoms with Gasteiger partial charge in [-0.05, 0) is 37.0 Å². The Morgan fingerprint density at radius 1 is 1.32 bits per heavy atom. The average molecular weight is 290 g/mol. The van der Waals surface area contributed by atoms with Gasteiger partial charge in [-0.1, -0.05) is 13.8 Å². The second kappa shape index (κ2) is 5.38. The largest absolute Gasteiger partial charge is 0.481 e. The summed E-state index contributed by atoms with van der Waals surface area (Å²) in [6, 6.07) is -0.457. The third-order valence-electron chi connectivity index (χ3n) is 4.17. The first kappa shape index (κ1) is 14.7. The summed E-state index contributed by atoms with van der Waals surface area (Å²) in [6.45, 7) is 4.19. The van der Waals surface area contributed by atoms with Gasteiger partial charge < -0.3 is 5.11 Å². The quantitative estimate of drug-likeness (QED) is 0.666. The maximum Gasteiger partial charge on any atom is 0.308 e. The van der Waals surface area contributed by atoms with E-state index < -0.39 is 28.1 Å². The summed E-state index contributed by atoms with van der Waals surface area (Å²) in [5, 5.41) is 9.27. The van der Waals surface area contributed by atoms with Crippen LogP contribution in [0.2, 0.25) is 0 Å². The first-order valence-corrected chi connectivity index (χ1v) is 8.28. The molecule has 0 aromatic rings. The molecule has 0 aliphatic heterocycles. The zero-order valence-corrected chi connectivity index (χ0v) is 12.1. The standard InChI is InChI=1S/C12H22N2O4S/c1-7(2)6-13-19(17,18)14-11-9-4-3-8(5-9)10(11)12(15)16/h7-11,13-14H,3-6H2,1-2H3,(H,15,16). The van der Waals surface area contributed by atoms with E-state index in [1.807, 2.05) is 13.8 Å². The number of carboxylic acids is 1. The summed E-state index contributed by atoms with van der Waals surface area (Å²) in [4.78, 5) is 11.3. The molecule has 0 aromatic heterocycles. The lowest BCUT2D eigenvalue weighted by Crippen LogP contribution is -2.50. The molecule has 6 nitrogen and oxygen atoms in total. The second-order valence-electron chi connectivity index (χ2n) is 6.09. The first-order valence-electron chi connectivity index (χ1n) is 6.80. The van der Waals surface area contributed by atoms with Crippen LogP contribution in [-0.4, -0.2) is 32.1 Å². The Morgan fingerprint density at radius 3 is 2.53 bits per heavy atom. The van der Waals surface area contributed by atoms with Crippen LogP contribution in [-0.2, 0) is 15.0 Å². The third kappa shape index (κ3) is 3.27. The van der Waals surface area contributed by atoms with Gasteiger partial charge in [0.25, 0.3) is 10.2 Å². The lowest BCUT2D eigenvalue weighted by Gasteiger charge is -2.28. The molecule has 4 unspecified atom stereocenters. The van der Waals surface area contributed by atoms with E-state index in [0.717, 1.165) is 19.3 Å². The summed E-state index contributed by atoms with van der Waals surface area (Å²) >= 11 is 0. The van der Waals surface area contributed by atoms with Crippen molar-refractivity contribution in [3.8, 4) is 0 Å². The Bertz CT molecular complexity index is 449. The molecular formula is C12H22N2O4S. The Labute approximate surface area is 114 Å². The van der Waals surface area contributed by atoms with E-state index in [-0.39, 0.29) is 17.8 Å². The Morgan fingerprint density at radius 2 is 1.95 bits per heavy atom. The van der Waals surface area contributed by atoms with Gasteiger partial charge in [-0.3, -0.25) is 4.79 Å². The first-order chi connectivity index (χ1) is 8.80. The Kier molecular flexibility index (Phi) is 4.17. The van der Waals surface area contributed by atoms with Crippen molar-refractivity contribution in [2.75, 3.05) is 6.54 Å².